The van der Waals surface area contributed by atoms with Crippen LogP contribution in [0.25, 0.3) is 11.0 Å². The molecule has 2 heterocycles. The maximum absolute atomic E-state index is 13.0. The molecule has 0 unspecified atom stereocenters. The second-order valence-corrected chi connectivity index (χ2v) is 10.5. The zero-order valence-electron chi connectivity index (χ0n) is 18.8. The van der Waals surface area contributed by atoms with E-state index < -0.39 is 10.0 Å². The van der Waals surface area contributed by atoms with E-state index in [1.807, 2.05) is 43.3 Å². The van der Waals surface area contributed by atoms with Gasteiger partial charge in [-0.15, -0.1) is 0 Å². The van der Waals surface area contributed by atoms with Crippen LogP contribution in [0.15, 0.2) is 83.8 Å². The van der Waals surface area contributed by atoms with Gasteiger partial charge in [0.15, 0.2) is 0 Å². The maximum Gasteiger partial charge on any atom is 0.243 e. The molecule has 0 radical (unpaired) electrons. The smallest absolute Gasteiger partial charge is 0.243 e. The molecule has 6 nitrogen and oxygen atoms in total. The van der Waals surface area contributed by atoms with Crippen molar-refractivity contribution in [3.63, 3.8) is 0 Å². The summed E-state index contributed by atoms with van der Waals surface area (Å²) in [5, 5.41) is 0. The SMILES string of the molecule is Cc1ccc(S(=O)(=O)N2CCN(Cc3nc4ccccc4n3Cc3ccccc3)CC2)cc1. The summed E-state index contributed by atoms with van der Waals surface area (Å²) in [6.07, 6.45) is 0. The van der Waals surface area contributed by atoms with Gasteiger partial charge in [0.25, 0.3) is 0 Å². The highest BCUT2D eigenvalue weighted by Gasteiger charge is 2.29. The normalized spacial score (nSPS) is 15.8. The summed E-state index contributed by atoms with van der Waals surface area (Å²) in [6.45, 7) is 5.74. The second-order valence-electron chi connectivity index (χ2n) is 8.58. The largest absolute Gasteiger partial charge is 0.322 e. The van der Waals surface area contributed by atoms with E-state index >= 15 is 0 Å². The minimum absolute atomic E-state index is 0.367. The Morgan fingerprint density at radius 2 is 1.45 bits per heavy atom. The molecule has 1 aromatic heterocycles. The molecule has 3 aromatic carbocycles. The Kier molecular flexibility index (Phi) is 6.01. The van der Waals surface area contributed by atoms with Gasteiger partial charge in [-0.2, -0.15) is 4.31 Å². The molecular weight excluding hydrogens is 432 g/mol. The number of fused-ring (bicyclic) bond motifs is 1. The van der Waals surface area contributed by atoms with Crippen LogP contribution in [0.3, 0.4) is 0 Å². The summed E-state index contributed by atoms with van der Waals surface area (Å²) in [5.74, 6) is 1.01. The van der Waals surface area contributed by atoms with Crippen LogP contribution in [0.4, 0.5) is 0 Å². The second kappa shape index (κ2) is 9.09. The van der Waals surface area contributed by atoms with E-state index in [9.17, 15) is 8.42 Å². The lowest BCUT2D eigenvalue weighted by atomic mass is 10.2. The molecule has 4 aromatic rings. The highest BCUT2D eigenvalue weighted by molar-refractivity contribution is 7.89. The van der Waals surface area contributed by atoms with Crippen LogP contribution in [0.2, 0.25) is 0 Å². The predicted molar refractivity (Wildman–Crippen MR) is 130 cm³/mol. The van der Waals surface area contributed by atoms with Crippen LogP contribution in [0.5, 0.6) is 0 Å². The van der Waals surface area contributed by atoms with Gasteiger partial charge in [0, 0.05) is 32.7 Å². The number of nitrogens with zero attached hydrogens (tertiary/aromatic N) is 4. The molecule has 0 bridgehead atoms. The molecule has 170 valence electrons. The van der Waals surface area contributed by atoms with Gasteiger partial charge < -0.3 is 4.57 Å². The van der Waals surface area contributed by atoms with Gasteiger partial charge in [0.05, 0.1) is 22.5 Å². The van der Waals surface area contributed by atoms with E-state index in [-0.39, 0.29) is 0 Å². The number of para-hydroxylation sites is 2. The van der Waals surface area contributed by atoms with Gasteiger partial charge >= 0.3 is 0 Å². The molecule has 0 saturated carbocycles. The van der Waals surface area contributed by atoms with Crippen LogP contribution >= 0.6 is 0 Å². The number of rotatable bonds is 6. The number of imidazole rings is 1. The van der Waals surface area contributed by atoms with Gasteiger partial charge in [-0.3, -0.25) is 4.90 Å². The average molecular weight is 461 g/mol. The van der Waals surface area contributed by atoms with Crippen molar-refractivity contribution in [3.05, 3.63) is 95.8 Å². The molecule has 0 amide bonds. The fourth-order valence-corrected chi connectivity index (χ4v) is 5.80. The minimum atomic E-state index is -3.46. The number of hydrogen-bond donors (Lipinski definition) is 0. The van der Waals surface area contributed by atoms with Crippen LogP contribution in [0, 0.1) is 6.92 Å². The third kappa shape index (κ3) is 4.57. The quantitative estimate of drug-likeness (QED) is 0.438. The van der Waals surface area contributed by atoms with Gasteiger partial charge in [-0.05, 0) is 36.8 Å². The van der Waals surface area contributed by atoms with E-state index in [4.69, 9.17) is 4.98 Å². The summed E-state index contributed by atoms with van der Waals surface area (Å²) in [5.41, 5.74) is 4.40. The summed E-state index contributed by atoms with van der Waals surface area (Å²) in [6, 6.07) is 25.7. The number of sulfonamides is 1. The number of aryl methyl sites for hydroxylation is 1. The molecule has 33 heavy (non-hydrogen) atoms. The van der Waals surface area contributed by atoms with Crippen LogP contribution < -0.4 is 0 Å². The Labute approximate surface area is 195 Å². The molecule has 1 fully saturated rings. The minimum Gasteiger partial charge on any atom is -0.322 e. The molecule has 1 saturated heterocycles. The number of piperazine rings is 1. The Morgan fingerprint density at radius 1 is 0.788 bits per heavy atom. The van der Waals surface area contributed by atoms with Crippen molar-refractivity contribution in [2.75, 3.05) is 26.2 Å². The molecular formula is C26H28N4O2S. The number of benzene rings is 3. The lowest BCUT2D eigenvalue weighted by Crippen LogP contribution is -2.48. The molecule has 0 aliphatic carbocycles. The van der Waals surface area contributed by atoms with E-state index in [0.29, 0.717) is 37.6 Å². The fraction of sp³-hybridized carbons (Fsp3) is 0.269. The molecule has 0 spiro atoms. The van der Waals surface area contributed by atoms with Crippen molar-refractivity contribution in [1.29, 1.82) is 0 Å². The molecule has 5 rings (SSSR count). The summed E-state index contributed by atoms with van der Waals surface area (Å²) in [7, 11) is -3.46. The lowest BCUT2D eigenvalue weighted by molar-refractivity contribution is 0.176. The van der Waals surface area contributed by atoms with Crippen LogP contribution in [-0.2, 0) is 23.1 Å². The first kappa shape index (κ1) is 21.8. The predicted octanol–water partition coefficient (Wildman–Crippen LogP) is 3.90. The number of hydrogen-bond acceptors (Lipinski definition) is 4. The number of aromatic nitrogens is 2. The maximum atomic E-state index is 13.0. The van der Waals surface area contributed by atoms with Gasteiger partial charge in [-0.1, -0.05) is 60.2 Å². The van der Waals surface area contributed by atoms with E-state index in [1.54, 1.807) is 16.4 Å². The molecule has 1 aliphatic heterocycles. The molecule has 7 heteroatoms. The zero-order valence-corrected chi connectivity index (χ0v) is 19.6. The van der Waals surface area contributed by atoms with Gasteiger partial charge in [-0.25, -0.2) is 13.4 Å². The summed E-state index contributed by atoms with van der Waals surface area (Å²) >= 11 is 0. The first-order valence-corrected chi connectivity index (χ1v) is 12.7. The summed E-state index contributed by atoms with van der Waals surface area (Å²) < 4.78 is 29.9. The highest BCUT2D eigenvalue weighted by atomic mass is 32.2. The lowest BCUT2D eigenvalue weighted by Gasteiger charge is -2.33. The zero-order chi connectivity index (χ0) is 22.8. The first-order chi connectivity index (χ1) is 16.0. The van der Waals surface area contributed by atoms with Gasteiger partial charge in [0.1, 0.15) is 5.82 Å². The Morgan fingerprint density at radius 3 is 2.18 bits per heavy atom. The van der Waals surface area contributed by atoms with Gasteiger partial charge in [0.2, 0.25) is 10.0 Å². The van der Waals surface area contributed by atoms with Crippen molar-refractivity contribution in [3.8, 4) is 0 Å². The van der Waals surface area contributed by atoms with E-state index in [0.717, 1.165) is 29.0 Å². The van der Waals surface area contributed by atoms with Crippen molar-refractivity contribution in [2.24, 2.45) is 0 Å². The Bertz CT molecular complexity index is 1340. The molecule has 0 atom stereocenters. The highest BCUT2D eigenvalue weighted by Crippen LogP contribution is 2.22. The third-order valence-electron chi connectivity index (χ3n) is 6.27. The third-order valence-corrected chi connectivity index (χ3v) is 8.19. The van der Waals surface area contributed by atoms with Crippen LogP contribution in [-0.4, -0.2) is 53.4 Å². The standard InChI is InChI=1S/C26H28N4O2S/c1-21-11-13-23(14-12-21)33(31,32)29-17-15-28(16-18-29)20-26-27-24-9-5-6-10-25(24)30(26)19-22-7-3-2-4-8-22/h2-14H,15-20H2,1H3. The van der Waals surface area contributed by atoms with Crippen LogP contribution in [0.1, 0.15) is 17.0 Å². The Balaban J connectivity index is 1.32. The van der Waals surface area contributed by atoms with Crippen molar-refractivity contribution < 1.29 is 8.42 Å². The fourth-order valence-electron chi connectivity index (χ4n) is 4.38. The van der Waals surface area contributed by atoms with Crippen molar-refractivity contribution in [2.45, 2.75) is 24.9 Å². The van der Waals surface area contributed by atoms with E-state index in [2.05, 4.69) is 39.8 Å². The Hall–Kier alpha value is -3.00. The molecule has 0 N–H and O–H groups in total. The molecule has 1 aliphatic rings. The first-order valence-electron chi connectivity index (χ1n) is 11.3. The van der Waals surface area contributed by atoms with Crippen molar-refractivity contribution >= 4 is 21.1 Å². The van der Waals surface area contributed by atoms with E-state index in [1.165, 1.54) is 5.56 Å². The average Bonchev–Trinajstić information content (AvgIpc) is 3.17. The topological polar surface area (TPSA) is 58.4 Å². The van der Waals surface area contributed by atoms with Crippen molar-refractivity contribution in [1.82, 2.24) is 18.8 Å². The summed E-state index contributed by atoms with van der Waals surface area (Å²) in [4.78, 5) is 7.58. The monoisotopic (exact) mass is 460 g/mol.